The molecule has 0 saturated carbocycles. The number of fused-ring (bicyclic) bond motifs is 1. The van der Waals surface area contributed by atoms with Crippen molar-refractivity contribution in [3.8, 4) is 0 Å². The third kappa shape index (κ3) is 3.70. The Morgan fingerprint density at radius 3 is 2.74 bits per heavy atom. The molecule has 34 heavy (non-hydrogen) atoms. The average molecular weight is 462 g/mol. The van der Waals surface area contributed by atoms with E-state index in [1.807, 2.05) is 25.4 Å². The number of rotatable bonds is 5. The molecule has 7 heteroatoms. The maximum absolute atomic E-state index is 13.6. The van der Waals surface area contributed by atoms with Crippen molar-refractivity contribution in [1.29, 1.82) is 0 Å². The minimum atomic E-state index is -0.600. The molecule has 1 aromatic rings. The van der Waals surface area contributed by atoms with Gasteiger partial charge in [0.25, 0.3) is 0 Å². The van der Waals surface area contributed by atoms with E-state index in [4.69, 9.17) is 0 Å². The van der Waals surface area contributed by atoms with Crippen LogP contribution in [0.15, 0.2) is 57.5 Å². The quantitative estimate of drug-likeness (QED) is 0.709. The average Bonchev–Trinajstić information content (AvgIpc) is 3.48. The van der Waals surface area contributed by atoms with Crippen molar-refractivity contribution in [2.75, 3.05) is 31.6 Å². The molecule has 2 atom stereocenters. The van der Waals surface area contributed by atoms with Gasteiger partial charge in [-0.15, -0.1) is 0 Å². The van der Waals surface area contributed by atoms with Gasteiger partial charge >= 0.3 is 0 Å². The summed E-state index contributed by atoms with van der Waals surface area (Å²) in [7, 11) is 1.85. The molecule has 0 radical (unpaired) electrons. The monoisotopic (exact) mass is 461 g/mol. The fourth-order valence-corrected chi connectivity index (χ4v) is 6.25. The number of azo groups is 1. The van der Waals surface area contributed by atoms with Gasteiger partial charge in [0.05, 0.1) is 18.2 Å². The van der Waals surface area contributed by atoms with Crippen molar-refractivity contribution in [1.82, 2.24) is 10.2 Å². The Balaban J connectivity index is 1.57. The van der Waals surface area contributed by atoms with Crippen molar-refractivity contribution in [2.45, 2.75) is 64.5 Å². The number of likely N-dealkylation sites (N-methyl/N-ethyl adjacent to an activating group) is 1. The summed E-state index contributed by atoms with van der Waals surface area (Å²) in [5.41, 5.74) is 4.05. The topological polar surface area (TPSA) is 77.4 Å². The van der Waals surface area contributed by atoms with Crippen molar-refractivity contribution in [3.05, 3.63) is 52.9 Å². The Kier molecular flexibility index (Phi) is 5.71. The predicted molar refractivity (Wildman–Crippen MR) is 132 cm³/mol. The second-order valence-corrected chi connectivity index (χ2v) is 10.9. The Morgan fingerprint density at radius 2 is 2.00 bits per heavy atom. The lowest BCUT2D eigenvalue weighted by Crippen LogP contribution is -2.51. The number of ketones is 1. The maximum Gasteiger partial charge on any atom is 0.240 e. The van der Waals surface area contributed by atoms with Crippen LogP contribution in [0.25, 0.3) is 0 Å². The number of hydrogen-bond donors (Lipinski definition) is 1. The van der Waals surface area contributed by atoms with Gasteiger partial charge < -0.3 is 10.2 Å². The van der Waals surface area contributed by atoms with Gasteiger partial charge in [0.2, 0.25) is 5.91 Å². The second-order valence-electron chi connectivity index (χ2n) is 10.9. The van der Waals surface area contributed by atoms with Crippen LogP contribution in [0, 0.1) is 5.41 Å². The Labute approximate surface area is 202 Å². The van der Waals surface area contributed by atoms with Gasteiger partial charge in [-0.25, -0.2) is 0 Å². The standard InChI is InChI=1S/C27H35N5O2/c1-5-27(18-9-8-10-19(13-18)31(4)23(34)17-32-11-6-7-12-32)20-16-28-30-25(20)29-21-14-26(2,3)15-22(33)24(21)27/h8-10,13,16,25,29H,5-7,11-12,14-15,17H2,1-4H3. The van der Waals surface area contributed by atoms with Crippen LogP contribution >= 0.6 is 0 Å². The van der Waals surface area contributed by atoms with E-state index in [0.29, 0.717) is 13.0 Å². The second kappa shape index (κ2) is 8.45. The SMILES string of the molecule is CCC1(c2cccc(N(C)C(=O)CN3CCCC3)c2)C2=CN=NC2NC2=C1C(=O)CC(C)(C)C2. The third-order valence-corrected chi connectivity index (χ3v) is 7.97. The van der Waals surface area contributed by atoms with Crippen molar-refractivity contribution in [2.24, 2.45) is 15.6 Å². The molecule has 4 aliphatic rings. The molecule has 3 aliphatic heterocycles. The number of hydrogen-bond acceptors (Lipinski definition) is 6. The van der Waals surface area contributed by atoms with E-state index in [9.17, 15) is 9.59 Å². The van der Waals surface area contributed by atoms with Gasteiger partial charge in [-0.3, -0.25) is 14.5 Å². The van der Waals surface area contributed by atoms with Crippen LogP contribution in [-0.2, 0) is 15.0 Å². The molecular formula is C27H35N5O2. The highest BCUT2D eigenvalue weighted by Gasteiger charge is 2.53. The number of likely N-dealkylation sites (tertiary alicyclic amines) is 1. The fraction of sp³-hybridized carbons (Fsp3) is 0.556. The lowest BCUT2D eigenvalue weighted by atomic mass is 9.59. The Hall–Kier alpha value is -2.80. The lowest BCUT2D eigenvalue weighted by Gasteiger charge is -2.48. The van der Waals surface area contributed by atoms with Crippen LogP contribution in [-0.4, -0.2) is 49.4 Å². The largest absolute Gasteiger partial charge is 0.362 e. The highest BCUT2D eigenvalue weighted by Crippen LogP contribution is 2.53. The zero-order valence-corrected chi connectivity index (χ0v) is 20.7. The molecule has 5 rings (SSSR count). The van der Waals surface area contributed by atoms with Gasteiger partial charge in [0.1, 0.15) is 0 Å². The van der Waals surface area contributed by atoms with Crippen LogP contribution in [0.1, 0.15) is 58.4 Å². The summed E-state index contributed by atoms with van der Waals surface area (Å²) >= 11 is 0. The summed E-state index contributed by atoms with van der Waals surface area (Å²) in [5.74, 6) is 0.281. The summed E-state index contributed by atoms with van der Waals surface area (Å²) in [6.07, 6.45) is 5.95. The molecular weight excluding hydrogens is 426 g/mol. The van der Waals surface area contributed by atoms with E-state index in [-0.39, 0.29) is 23.3 Å². The molecule has 0 aromatic heterocycles. The van der Waals surface area contributed by atoms with Crippen molar-refractivity contribution < 1.29 is 9.59 Å². The summed E-state index contributed by atoms with van der Waals surface area (Å²) in [4.78, 5) is 30.7. The molecule has 0 bridgehead atoms. The number of anilines is 1. The maximum atomic E-state index is 13.6. The first-order chi connectivity index (χ1) is 16.2. The van der Waals surface area contributed by atoms with Gasteiger partial charge in [0.15, 0.2) is 11.9 Å². The van der Waals surface area contributed by atoms with Gasteiger partial charge in [0, 0.05) is 36.0 Å². The molecule has 1 aromatic carbocycles. The predicted octanol–water partition coefficient (Wildman–Crippen LogP) is 4.32. The fourth-order valence-electron chi connectivity index (χ4n) is 6.25. The molecule has 3 heterocycles. The smallest absolute Gasteiger partial charge is 0.240 e. The first-order valence-electron chi connectivity index (χ1n) is 12.5. The number of benzene rings is 1. The van der Waals surface area contributed by atoms with Gasteiger partial charge in [-0.2, -0.15) is 10.2 Å². The van der Waals surface area contributed by atoms with E-state index in [1.165, 1.54) is 0 Å². The van der Waals surface area contributed by atoms with Crippen molar-refractivity contribution in [3.63, 3.8) is 0 Å². The molecule has 7 nitrogen and oxygen atoms in total. The summed E-state index contributed by atoms with van der Waals surface area (Å²) in [5, 5.41) is 12.2. The van der Waals surface area contributed by atoms with Crippen LogP contribution in [0.5, 0.6) is 0 Å². The molecule has 1 fully saturated rings. The number of nitrogens with one attached hydrogen (secondary N) is 1. The Morgan fingerprint density at radius 1 is 1.24 bits per heavy atom. The number of carbonyl (C=O) groups excluding carboxylic acids is 2. The van der Waals surface area contributed by atoms with Crippen LogP contribution in [0.4, 0.5) is 5.69 Å². The van der Waals surface area contributed by atoms with Crippen LogP contribution in [0.2, 0.25) is 0 Å². The molecule has 1 N–H and O–H groups in total. The van der Waals surface area contributed by atoms with Gasteiger partial charge in [-0.1, -0.05) is 32.9 Å². The molecule has 1 amide bonds. The molecule has 1 aliphatic carbocycles. The highest BCUT2D eigenvalue weighted by molar-refractivity contribution is 6.01. The lowest BCUT2D eigenvalue weighted by molar-refractivity contribution is -0.120. The van der Waals surface area contributed by atoms with E-state index in [0.717, 1.165) is 66.9 Å². The van der Waals surface area contributed by atoms with Gasteiger partial charge in [-0.05, 0) is 61.9 Å². The zero-order valence-electron chi connectivity index (χ0n) is 20.7. The first-order valence-corrected chi connectivity index (χ1v) is 12.5. The summed E-state index contributed by atoms with van der Waals surface area (Å²) in [6.45, 7) is 8.85. The van der Waals surface area contributed by atoms with E-state index < -0.39 is 5.41 Å². The van der Waals surface area contributed by atoms with Crippen LogP contribution in [0.3, 0.4) is 0 Å². The summed E-state index contributed by atoms with van der Waals surface area (Å²) in [6, 6.07) is 8.15. The molecule has 2 unspecified atom stereocenters. The third-order valence-electron chi connectivity index (χ3n) is 7.97. The number of allylic oxidation sites excluding steroid dienone is 2. The number of nitrogens with zero attached hydrogens (tertiary/aromatic N) is 4. The number of Topliss-reactive ketones (excluding diaryl/α,β-unsaturated/α-hetero) is 1. The zero-order chi connectivity index (χ0) is 24.1. The summed E-state index contributed by atoms with van der Waals surface area (Å²) < 4.78 is 0. The normalized spacial score (nSPS) is 27.8. The first kappa shape index (κ1) is 23.0. The Bertz CT molecular complexity index is 1110. The van der Waals surface area contributed by atoms with E-state index in [1.54, 1.807) is 4.90 Å². The molecule has 180 valence electrons. The van der Waals surface area contributed by atoms with Crippen LogP contribution < -0.4 is 10.2 Å². The van der Waals surface area contributed by atoms with Crippen molar-refractivity contribution >= 4 is 17.4 Å². The molecule has 0 spiro atoms. The van der Waals surface area contributed by atoms with E-state index >= 15 is 0 Å². The van der Waals surface area contributed by atoms with E-state index in [2.05, 4.69) is 53.3 Å². The number of amides is 1. The molecule has 1 saturated heterocycles. The minimum absolute atomic E-state index is 0.0910. The number of carbonyl (C=O) groups is 2. The minimum Gasteiger partial charge on any atom is -0.362 e. The highest BCUT2D eigenvalue weighted by atomic mass is 16.2.